The van der Waals surface area contributed by atoms with E-state index in [1.54, 1.807) is 6.20 Å². The minimum atomic E-state index is -0.165. The van der Waals surface area contributed by atoms with Crippen LogP contribution in [0.25, 0.3) is 0 Å². The van der Waals surface area contributed by atoms with E-state index < -0.39 is 0 Å². The third-order valence-electron chi connectivity index (χ3n) is 4.23. The average Bonchev–Trinajstić information content (AvgIpc) is 2.61. The summed E-state index contributed by atoms with van der Waals surface area (Å²) >= 11 is 0. The molecule has 0 saturated carbocycles. The monoisotopic (exact) mass is 320 g/mol. The van der Waals surface area contributed by atoms with E-state index in [1.807, 2.05) is 6.92 Å². The normalized spacial score (nSPS) is 22.0. The molecule has 23 heavy (non-hydrogen) atoms. The average molecular weight is 320 g/mol. The third kappa shape index (κ3) is 4.17. The lowest BCUT2D eigenvalue weighted by molar-refractivity contribution is -0.0855. The minimum Gasteiger partial charge on any atom is -0.376 e. The summed E-state index contributed by atoms with van der Waals surface area (Å²) < 4.78 is 10.8. The molecule has 1 aromatic rings. The van der Waals surface area contributed by atoms with Gasteiger partial charge in [0, 0.05) is 25.8 Å². The number of nitrogens with one attached hydrogen (secondary N) is 1. The van der Waals surface area contributed by atoms with Crippen molar-refractivity contribution in [2.24, 2.45) is 0 Å². The molecule has 1 atom stereocenters. The van der Waals surface area contributed by atoms with Crippen LogP contribution in [-0.4, -0.2) is 61.4 Å². The van der Waals surface area contributed by atoms with E-state index in [9.17, 15) is 4.79 Å². The number of piperidine rings is 1. The fourth-order valence-corrected chi connectivity index (χ4v) is 2.88. The lowest BCUT2D eigenvalue weighted by atomic mass is 10.1. The summed E-state index contributed by atoms with van der Waals surface area (Å²) in [6.45, 7) is 5.98. The van der Waals surface area contributed by atoms with E-state index >= 15 is 0 Å². The van der Waals surface area contributed by atoms with Crippen molar-refractivity contribution in [3.8, 4) is 0 Å². The lowest BCUT2D eigenvalue weighted by Crippen LogP contribution is -2.40. The highest BCUT2D eigenvalue weighted by atomic mass is 16.6. The van der Waals surface area contributed by atoms with E-state index in [0.29, 0.717) is 37.6 Å². The van der Waals surface area contributed by atoms with Gasteiger partial charge in [-0.1, -0.05) is 0 Å². The first-order chi connectivity index (χ1) is 11.2. The predicted molar refractivity (Wildman–Crippen MR) is 85.7 cm³/mol. The number of nitrogens with zero attached hydrogens (tertiary/aromatic N) is 3. The van der Waals surface area contributed by atoms with Crippen molar-refractivity contribution in [2.45, 2.75) is 32.3 Å². The van der Waals surface area contributed by atoms with E-state index in [0.717, 1.165) is 19.0 Å². The van der Waals surface area contributed by atoms with Crippen molar-refractivity contribution in [2.75, 3.05) is 44.4 Å². The third-order valence-corrected chi connectivity index (χ3v) is 4.23. The lowest BCUT2D eigenvalue weighted by Gasteiger charge is -2.27. The molecule has 3 heterocycles. The summed E-state index contributed by atoms with van der Waals surface area (Å²) in [6.07, 6.45) is 5.16. The van der Waals surface area contributed by atoms with Crippen LogP contribution in [0.15, 0.2) is 6.20 Å². The number of carbonyl (C=O) groups excluding carboxylic acids is 1. The van der Waals surface area contributed by atoms with Gasteiger partial charge in [-0.25, -0.2) is 9.97 Å². The summed E-state index contributed by atoms with van der Waals surface area (Å²) in [5, 5.41) is 2.87. The fourth-order valence-electron chi connectivity index (χ4n) is 2.88. The molecule has 126 valence electrons. The predicted octanol–water partition coefficient (Wildman–Crippen LogP) is 0.921. The molecule has 2 saturated heterocycles. The van der Waals surface area contributed by atoms with Crippen LogP contribution >= 0.6 is 0 Å². The topological polar surface area (TPSA) is 76.6 Å². The van der Waals surface area contributed by atoms with E-state index in [2.05, 4.69) is 20.2 Å². The maximum atomic E-state index is 12.3. The summed E-state index contributed by atoms with van der Waals surface area (Å²) in [7, 11) is 0. The van der Waals surface area contributed by atoms with Gasteiger partial charge in [-0.2, -0.15) is 0 Å². The van der Waals surface area contributed by atoms with Crippen molar-refractivity contribution in [3.05, 3.63) is 17.5 Å². The summed E-state index contributed by atoms with van der Waals surface area (Å²) in [4.78, 5) is 23.4. The quantitative estimate of drug-likeness (QED) is 0.889. The Kier molecular flexibility index (Phi) is 5.40. The largest absolute Gasteiger partial charge is 0.376 e. The number of carbonyl (C=O) groups is 1. The van der Waals surface area contributed by atoms with Crippen molar-refractivity contribution in [1.82, 2.24) is 15.3 Å². The number of anilines is 1. The number of aryl methyl sites for hydroxylation is 1. The first-order valence-corrected chi connectivity index (χ1v) is 8.30. The standard InChI is InChI=1S/C16H24N4O3/c1-12-14(15(21)17-9-13-11-22-7-8-23-13)10-18-16(19-12)20-5-3-2-4-6-20/h10,13H,2-9,11H2,1H3,(H,17,21). The highest BCUT2D eigenvalue weighted by molar-refractivity contribution is 5.95. The summed E-state index contributed by atoms with van der Waals surface area (Å²) in [5.41, 5.74) is 1.22. The molecule has 0 aromatic carbocycles. The Hall–Kier alpha value is -1.73. The fraction of sp³-hybridized carbons (Fsp3) is 0.688. The Morgan fingerprint density at radius 1 is 1.35 bits per heavy atom. The highest BCUT2D eigenvalue weighted by Gasteiger charge is 2.19. The molecule has 1 N–H and O–H groups in total. The van der Waals surface area contributed by atoms with Crippen molar-refractivity contribution in [1.29, 1.82) is 0 Å². The summed E-state index contributed by atoms with van der Waals surface area (Å²) in [6, 6.07) is 0. The van der Waals surface area contributed by atoms with Gasteiger partial charge in [0.05, 0.1) is 37.2 Å². The maximum Gasteiger partial charge on any atom is 0.254 e. The summed E-state index contributed by atoms with van der Waals surface area (Å²) in [5.74, 6) is 0.560. The smallest absolute Gasteiger partial charge is 0.254 e. The molecule has 7 heteroatoms. The van der Waals surface area contributed by atoms with E-state index in [4.69, 9.17) is 9.47 Å². The number of rotatable bonds is 4. The molecule has 0 aliphatic carbocycles. The number of amides is 1. The Labute approximate surface area is 136 Å². The second kappa shape index (κ2) is 7.70. The highest BCUT2D eigenvalue weighted by Crippen LogP contribution is 2.16. The van der Waals surface area contributed by atoms with Gasteiger partial charge in [0.1, 0.15) is 0 Å². The van der Waals surface area contributed by atoms with Crippen LogP contribution in [0.3, 0.4) is 0 Å². The molecule has 1 unspecified atom stereocenters. The number of hydrogen-bond acceptors (Lipinski definition) is 6. The van der Waals surface area contributed by atoms with Crippen LogP contribution < -0.4 is 10.2 Å². The van der Waals surface area contributed by atoms with Crippen LogP contribution in [0.4, 0.5) is 5.95 Å². The molecular formula is C16H24N4O3. The Morgan fingerprint density at radius 3 is 2.87 bits per heavy atom. The van der Waals surface area contributed by atoms with Crippen molar-refractivity contribution < 1.29 is 14.3 Å². The van der Waals surface area contributed by atoms with Crippen LogP contribution in [0.1, 0.15) is 35.3 Å². The first-order valence-electron chi connectivity index (χ1n) is 8.30. The van der Waals surface area contributed by atoms with Crippen LogP contribution in [0.2, 0.25) is 0 Å². The molecule has 0 spiro atoms. The van der Waals surface area contributed by atoms with Gasteiger partial charge in [-0.05, 0) is 26.2 Å². The van der Waals surface area contributed by atoms with Gasteiger partial charge in [0.2, 0.25) is 5.95 Å². The van der Waals surface area contributed by atoms with Crippen molar-refractivity contribution in [3.63, 3.8) is 0 Å². The SMILES string of the molecule is Cc1nc(N2CCCCC2)ncc1C(=O)NCC1COCCO1. The van der Waals surface area contributed by atoms with Gasteiger partial charge < -0.3 is 19.7 Å². The molecule has 2 aliphatic rings. The first kappa shape index (κ1) is 16.1. The van der Waals surface area contributed by atoms with Gasteiger partial charge in [0.25, 0.3) is 5.91 Å². The minimum absolute atomic E-state index is 0.0819. The molecule has 7 nitrogen and oxygen atoms in total. The van der Waals surface area contributed by atoms with Crippen molar-refractivity contribution >= 4 is 11.9 Å². The molecule has 1 amide bonds. The van der Waals surface area contributed by atoms with Gasteiger partial charge in [-0.3, -0.25) is 4.79 Å². The molecule has 3 rings (SSSR count). The molecule has 0 radical (unpaired) electrons. The molecule has 1 aromatic heterocycles. The van der Waals surface area contributed by atoms with E-state index in [1.165, 1.54) is 19.3 Å². The molecule has 0 bridgehead atoms. The van der Waals surface area contributed by atoms with Crippen LogP contribution in [-0.2, 0) is 9.47 Å². The van der Waals surface area contributed by atoms with E-state index in [-0.39, 0.29) is 12.0 Å². The zero-order valence-electron chi connectivity index (χ0n) is 13.6. The van der Waals surface area contributed by atoms with Gasteiger partial charge >= 0.3 is 0 Å². The second-order valence-electron chi connectivity index (χ2n) is 5.99. The zero-order chi connectivity index (χ0) is 16.1. The zero-order valence-corrected chi connectivity index (χ0v) is 13.6. The van der Waals surface area contributed by atoms with Crippen LogP contribution in [0.5, 0.6) is 0 Å². The molecule has 2 fully saturated rings. The number of hydrogen-bond donors (Lipinski definition) is 1. The Balaban J connectivity index is 1.59. The maximum absolute atomic E-state index is 12.3. The molecular weight excluding hydrogens is 296 g/mol. The number of ether oxygens (including phenoxy) is 2. The van der Waals surface area contributed by atoms with Gasteiger partial charge in [0.15, 0.2) is 0 Å². The Bertz CT molecular complexity index is 540. The number of aromatic nitrogens is 2. The Morgan fingerprint density at radius 2 is 2.17 bits per heavy atom. The molecule has 2 aliphatic heterocycles. The van der Waals surface area contributed by atoms with Gasteiger partial charge in [-0.15, -0.1) is 0 Å². The van der Waals surface area contributed by atoms with Crippen LogP contribution in [0, 0.1) is 6.92 Å². The second-order valence-corrected chi connectivity index (χ2v) is 5.99.